The van der Waals surface area contributed by atoms with Crippen LogP contribution in [0.2, 0.25) is 0 Å². The largest absolute Gasteiger partial charge is 0.368 e. The van der Waals surface area contributed by atoms with E-state index in [2.05, 4.69) is 39.0 Å². The zero-order valence-electron chi connectivity index (χ0n) is 9.32. The van der Waals surface area contributed by atoms with Gasteiger partial charge in [0.05, 0.1) is 0 Å². The Morgan fingerprint density at radius 2 is 2.25 bits per heavy atom. The highest BCUT2D eigenvalue weighted by molar-refractivity contribution is 9.10. The number of anilines is 1. The molecule has 2 aliphatic rings. The number of aryl methyl sites for hydroxylation is 1. The smallest absolute Gasteiger partial charge is 0.0412 e. The molecule has 86 valence electrons. The van der Waals surface area contributed by atoms with E-state index in [-0.39, 0.29) is 0 Å². The third-order valence-corrected chi connectivity index (χ3v) is 4.55. The summed E-state index contributed by atoms with van der Waals surface area (Å²) in [5.41, 5.74) is 8.78. The van der Waals surface area contributed by atoms with Gasteiger partial charge < -0.3 is 10.6 Å². The summed E-state index contributed by atoms with van der Waals surface area (Å²) in [6.45, 7) is 2.01. The summed E-state index contributed by atoms with van der Waals surface area (Å²) in [6, 6.07) is 7.35. The molecule has 2 N–H and O–H groups in total. The predicted octanol–water partition coefficient (Wildman–Crippen LogP) is 2.55. The highest BCUT2D eigenvalue weighted by Gasteiger charge is 2.36. The maximum atomic E-state index is 5.85. The Bertz CT molecular complexity index is 405. The second-order valence-corrected chi connectivity index (χ2v) is 5.77. The lowest BCUT2D eigenvalue weighted by molar-refractivity contribution is 0.446. The molecule has 1 fully saturated rings. The van der Waals surface area contributed by atoms with Crippen molar-refractivity contribution in [1.29, 1.82) is 0 Å². The Hall–Kier alpha value is -0.540. The van der Waals surface area contributed by atoms with Crippen LogP contribution < -0.4 is 10.6 Å². The fourth-order valence-electron chi connectivity index (χ4n) is 3.20. The van der Waals surface area contributed by atoms with Gasteiger partial charge in [-0.25, -0.2) is 0 Å². The van der Waals surface area contributed by atoms with E-state index in [4.69, 9.17) is 5.73 Å². The van der Waals surface area contributed by atoms with E-state index in [1.54, 1.807) is 0 Å². The number of hydrogen-bond donors (Lipinski definition) is 1. The first-order valence-electron chi connectivity index (χ1n) is 6.04. The van der Waals surface area contributed by atoms with Gasteiger partial charge in [-0.05, 0) is 49.4 Å². The molecule has 0 aromatic heterocycles. The summed E-state index contributed by atoms with van der Waals surface area (Å²) < 4.78 is 1.18. The lowest BCUT2D eigenvalue weighted by Crippen LogP contribution is -2.39. The van der Waals surface area contributed by atoms with E-state index in [1.807, 2.05) is 0 Å². The van der Waals surface area contributed by atoms with Crippen LogP contribution in [0.4, 0.5) is 5.69 Å². The standard InChI is InChI=1S/C13H17BrN2/c14-11-3-1-9-2-4-12-10(8-15)5-6-16(12)13(9)7-11/h1,3,7,10,12H,2,4-6,8,15H2. The maximum absolute atomic E-state index is 5.85. The average Bonchev–Trinajstić information content (AvgIpc) is 2.72. The van der Waals surface area contributed by atoms with Gasteiger partial charge in [-0.15, -0.1) is 0 Å². The number of nitrogens with two attached hydrogens (primary N) is 1. The van der Waals surface area contributed by atoms with Gasteiger partial charge in [-0.3, -0.25) is 0 Å². The van der Waals surface area contributed by atoms with Gasteiger partial charge in [0.25, 0.3) is 0 Å². The van der Waals surface area contributed by atoms with Crippen molar-refractivity contribution in [3.05, 3.63) is 28.2 Å². The first-order valence-corrected chi connectivity index (χ1v) is 6.84. The van der Waals surface area contributed by atoms with Gasteiger partial charge in [0.15, 0.2) is 0 Å². The minimum absolute atomic E-state index is 0.687. The van der Waals surface area contributed by atoms with Crippen molar-refractivity contribution in [3.8, 4) is 0 Å². The molecule has 0 radical (unpaired) electrons. The van der Waals surface area contributed by atoms with Crippen molar-refractivity contribution in [3.63, 3.8) is 0 Å². The molecule has 0 aliphatic carbocycles. The second kappa shape index (κ2) is 4.04. The normalized spacial score (nSPS) is 27.8. The van der Waals surface area contributed by atoms with Gasteiger partial charge in [-0.1, -0.05) is 22.0 Å². The third kappa shape index (κ3) is 1.57. The highest BCUT2D eigenvalue weighted by Crippen LogP contribution is 2.39. The molecule has 3 rings (SSSR count). The van der Waals surface area contributed by atoms with Crippen LogP contribution in [0.5, 0.6) is 0 Å². The topological polar surface area (TPSA) is 29.3 Å². The van der Waals surface area contributed by atoms with Crippen LogP contribution in [0.1, 0.15) is 18.4 Å². The van der Waals surface area contributed by atoms with E-state index in [9.17, 15) is 0 Å². The van der Waals surface area contributed by atoms with Gasteiger partial charge >= 0.3 is 0 Å². The number of hydrogen-bond acceptors (Lipinski definition) is 2. The molecule has 1 aromatic rings. The average molecular weight is 281 g/mol. The first kappa shape index (κ1) is 10.6. The molecule has 1 aromatic carbocycles. The van der Waals surface area contributed by atoms with Crippen LogP contribution in [0, 0.1) is 5.92 Å². The zero-order chi connectivity index (χ0) is 11.1. The molecule has 0 spiro atoms. The van der Waals surface area contributed by atoms with Crippen molar-refractivity contribution in [2.24, 2.45) is 11.7 Å². The van der Waals surface area contributed by atoms with Crippen LogP contribution in [-0.2, 0) is 6.42 Å². The summed E-state index contributed by atoms with van der Waals surface area (Å²) in [4.78, 5) is 2.57. The minimum atomic E-state index is 0.687. The zero-order valence-corrected chi connectivity index (χ0v) is 10.9. The van der Waals surface area contributed by atoms with Gasteiger partial charge in [-0.2, -0.15) is 0 Å². The molecule has 1 saturated heterocycles. The summed E-state index contributed by atoms with van der Waals surface area (Å²) in [5, 5.41) is 0. The first-order chi connectivity index (χ1) is 7.79. The number of rotatable bonds is 1. The van der Waals surface area contributed by atoms with Crippen LogP contribution in [0.25, 0.3) is 0 Å². The van der Waals surface area contributed by atoms with Gasteiger partial charge in [0.2, 0.25) is 0 Å². The van der Waals surface area contributed by atoms with E-state index in [0.29, 0.717) is 12.0 Å². The van der Waals surface area contributed by atoms with E-state index in [1.165, 1.54) is 41.5 Å². The van der Waals surface area contributed by atoms with Crippen LogP contribution in [-0.4, -0.2) is 19.1 Å². The molecule has 2 aliphatic heterocycles. The summed E-state index contributed by atoms with van der Waals surface area (Å²) in [7, 11) is 0. The molecular weight excluding hydrogens is 264 g/mol. The van der Waals surface area contributed by atoms with E-state index in [0.717, 1.165) is 6.54 Å². The molecule has 0 saturated carbocycles. The maximum Gasteiger partial charge on any atom is 0.0412 e. The summed E-state index contributed by atoms with van der Waals surface area (Å²) in [6.07, 6.45) is 3.74. The SMILES string of the molecule is NCC1CCN2c3cc(Br)ccc3CCC12. The fourth-order valence-corrected chi connectivity index (χ4v) is 3.55. The van der Waals surface area contributed by atoms with E-state index < -0.39 is 0 Å². The monoisotopic (exact) mass is 280 g/mol. The Morgan fingerprint density at radius 3 is 3.06 bits per heavy atom. The molecular formula is C13H17BrN2. The number of benzene rings is 1. The van der Waals surface area contributed by atoms with Crippen molar-refractivity contribution in [2.45, 2.75) is 25.3 Å². The Kier molecular flexibility index (Phi) is 2.68. The minimum Gasteiger partial charge on any atom is -0.368 e. The molecule has 2 nitrogen and oxygen atoms in total. The van der Waals surface area contributed by atoms with Gasteiger partial charge in [0, 0.05) is 22.7 Å². The van der Waals surface area contributed by atoms with Gasteiger partial charge in [0.1, 0.15) is 0 Å². The third-order valence-electron chi connectivity index (χ3n) is 4.05. The number of fused-ring (bicyclic) bond motifs is 3. The van der Waals surface area contributed by atoms with E-state index >= 15 is 0 Å². The number of halogens is 1. The number of nitrogens with zero attached hydrogens (tertiary/aromatic N) is 1. The van der Waals surface area contributed by atoms with Crippen molar-refractivity contribution < 1.29 is 0 Å². The van der Waals surface area contributed by atoms with Crippen molar-refractivity contribution in [1.82, 2.24) is 0 Å². The lowest BCUT2D eigenvalue weighted by Gasteiger charge is -2.35. The summed E-state index contributed by atoms with van der Waals surface area (Å²) >= 11 is 3.57. The lowest BCUT2D eigenvalue weighted by atomic mass is 9.90. The van der Waals surface area contributed by atoms with Crippen LogP contribution in [0.15, 0.2) is 22.7 Å². The Labute approximate surface area is 105 Å². The molecule has 2 heterocycles. The molecule has 16 heavy (non-hydrogen) atoms. The highest BCUT2D eigenvalue weighted by atomic mass is 79.9. The molecule has 2 unspecified atom stereocenters. The predicted molar refractivity (Wildman–Crippen MR) is 70.8 cm³/mol. The molecule has 2 atom stereocenters. The quantitative estimate of drug-likeness (QED) is 0.857. The molecule has 0 amide bonds. The molecule has 0 bridgehead atoms. The fraction of sp³-hybridized carbons (Fsp3) is 0.538. The molecule has 3 heteroatoms. The Balaban J connectivity index is 1.98. The van der Waals surface area contributed by atoms with Crippen LogP contribution in [0.3, 0.4) is 0 Å². The van der Waals surface area contributed by atoms with Crippen molar-refractivity contribution in [2.75, 3.05) is 18.0 Å². The second-order valence-electron chi connectivity index (χ2n) is 4.86. The Morgan fingerprint density at radius 1 is 1.38 bits per heavy atom. The van der Waals surface area contributed by atoms with Crippen molar-refractivity contribution >= 4 is 21.6 Å². The van der Waals surface area contributed by atoms with Crippen LogP contribution >= 0.6 is 15.9 Å². The summed E-state index contributed by atoms with van der Waals surface area (Å²) in [5.74, 6) is 0.701.